The Hall–Kier alpha value is -3.00. The first kappa shape index (κ1) is 23.4. The van der Waals surface area contributed by atoms with Gasteiger partial charge in [0.15, 0.2) is 5.82 Å². The molecule has 6 nitrogen and oxygen atoms in total. The molecule has 36 heavy (non-hydrogen) atoms. The molecule has 1 fully saturated rings. The number of nitrogens with zero attached hydrogens (tertiary/aromatic N) is 5. The number of benzene rings is 2. The molecule has 7 heteroatoms. The number of aliphatic hydroxyl groups is 1. The summed E-state index contributed by atoms with van der Waals surface area (Å²) in [6.07, 6.45) is 3.09. The lowest BCUT2D eigenvalue weighted by molar-refractivity contribution is -0.0113. The van der Waals surface area contributed by atoms with Crippen LogP contribution in [0.2, 0.25) is 0 Å². The summed E-state index contributed by atoms with van der Waals surface area (Å²) in [5.74, 6) is 2.18. The van der Waals surface area contributed by atoms with Gasteiger partial charge in [0.05, 0.1) is 17.9 Å². The molecule has 2 aromatic carbocycles. The molecule has 4 aromatic rings. The second kappa shape index (κ2) is 9.81. The standard InChI is InChI=1S/C29H33N5OS/c1-22-30-31-28-21-33(25-11-5-6-12-26(25)34(22)28)17-8-16-32-18-14-24(15-19-32)29(35,27-13-7-20-36-27)23-9-3-2-4-10-23/h2-7,9-13,20,24,35H,8,14-19,21H2,1H3. The van der Waals surface area contributed by atoms with Gasteiger partial charge in [0.25, 0.3) is 0 Å². The lowest BCUT2D eigenvalue weighted by Gasteiger charge is -2.41. The minimum Gasteiger partial charge on any atom is -0.379 e. The van der Waals surface area contributed by atoms with Crippen LogP contribution in [0.1, 0.15) is 41.4 Å². The van der Waals surface area contributed by atoms with Gasteiger partial charge in [-0.05, 0) is 80.9 Å². The van der Waals surface area contributed by atoms with E-state index in [0.29, 0.717) is 0 Å². The largest absolute Gasteiger partial charge is 0.379 e. The second-order valence-corrected chi connectivity index (χ2v) is 10.9. The van der Waals surface area contributed by atoms with E-state index in [1.54, 1.807) is 11.3 Å². The second-order valence-electron chi connectivity index (χ2n) is 9.99. The monoisotopic (exact) mass is 499 g/mol. The Morgan fingerprint density at radius 2 is 1.67 bits per heavy atom. The minimum absolute atomic E-state index is 0.221. The van der Waals surface area contributed by atoms with Crippen LogP contribution in [0.5, 0.6) is 0 Å². The zero-order chi connectivity index (χ0) is 24.5. The maximum Gasteiger partial charge on any atom is 0.157 e. The maximum atomic E-state index is 12.0. The Kier molecular flexibility index (Phi) is 6.37. The van der Waals surface area contributed by atoms with Gasteiger partial charge < -0.3 is 14.9 Å². The molecule has 6 rings (SSSR count). The van der Waals surface area contributed by atoms with Gasteiger partial charge in [-0.2, -0.15) is 0 Å². The zero-order valence-electron chi connectivity index (χ0n) is 20.8. The molecule has 2 aromatic heterocycles. The van der Waals surface area contributed by atoms with Crippen molar-refractivity contribution in [3.63, 3.8) is 0 Å². The van der Waals surface area contributed by atoms with E-state index in [2.05, 4.69) is 72.4 Å². The number of hydrogen-bond acceptors (Lipinski definition) is 6. The van der Waals surface area contributed by atoms with Crippen LogP contribution in [-0.4, -0.2) is 50.9 Å². The summed E-state index contributed by atoms with van der Waals surface area (Å²) in [5, 5.41) is 22.8. The highest BCUT2D eigenvalue weighted by Gasteiger charge is 2.42. The minimum atomic E-state index is -0.910. The Balaban J connectivity index is 1.08. The van der Waals surface area contributed by atoms with Crippen LogP contribution >= 0.6 is 11.3 Å². The lowest BCUT2D eigenvalue weighted by Crippen LogP contribution is -2.44. The van der Waals surface area contributed by atoms with Crippen LogP contribution in [0, 0.1) is 12.8 Å². The number of fused-ring (bicyclic) bond motifs is 3. The molecule has 1 saturated heterocycles. The first-order chi connectivity index (χ1) is 17.6. The summed E-state index contributed by atoms with van der Waals surface area (Å²) >= 11 is 1.66. The van der Waals surface area contributed by atoms with Crippen LogP contribution in [0.15, 0.2) is 72.1 Å². The van der Waals surface area contributed by atoms with Crippen LogP contribution in [-0.2, 0) is 12.1 Å². The Morgan fingerprint density at radius 3 is 2.42 bits per heavy atom. The Bertz CT molecular complexity index is 1300. The molecule has 1 unspecified atom stereocenters. The molecule has 186 valence electrons. The number of rotatable bonds is 7. The smallest absolute Gasteiger partial charge is 0.157 e. The molecule has 4 heterocycles. The molecule has 1 N–H and O–H groups in total. The molecular formula is C29H33N5OS. The van der Waals surface area contributed by atoms with Crippen LogP contribution in [0.4, 0.5) is 5.69 Å². The normalized spacial score (nSPS) is 18.0. The Labute approximate surface area is 216 Å². The van der Waals surface area contributed by atoms with Crippen molar-refractivity contribution < 1.29 is 5.11 Å². The summed E-state index contributed by atoms with van der Waals surface area (Å²) in [7, 11) is 0. The van der Waals surface area contributed by atoms with Crippen molar-refractivity contribution in [2.45, 2.75) is 38.3 Å². The van der Waals surface area contributed by atoms with E-state index in [4.69, 9.17) is 0 Å². The number of hydrogen-bond donors (Lipinski definition) is 1. The van der Waals surface area contributed by atoms with Crippen molar-refractivity contribution in [3.8, 4) is 5.69 Å². The third kappa shape index (κ3) is 4.15. The Morgan fingerprint density at radius 1 is 0.917 bits per heavy atom. The van der Waals surface area contributed by atoms with Crippen molar-refractivity contribution in [2.75, 3.05) is 31.1 Å². The summed E-state index contributed by atoms with van der Waals surface area (Å²) in [6, 6.07) is 22.9. The van der Waals surface area contributed by atoms with Crippen molar-refractivity contribution in [1.82, 2.24) is 19.7 Å². The number of thiophene rings is 1. The van der Waals surface area contributed by atoms with E-state index in [-0.39, 0.29) is 5.92 Å². The molecular weight excluding hydrogens is 466 g/mol. The van der Waals surface area contributed by atoms with Crippen molar-refractivity contribution in [3.05, 3.63) is 94.2 Å². The number of anilines is 1. The topological polar surface area (TPSA) is 57.4 Å². The van der Waals surface area contributed by atoms with Crippen LogP contribution < -0.4 is 4.90 Å². The first-order valence-electron chi connectivity index (χ1n) is 12.9. The fourth-order valence-corrected chi connectivity index (χ4v) is 6.95. The van der Waals surface area contributed by atoms with Gasteiger partial charge in [-0.3, -0.25) is 4.57 Å². The van der Waals surface area contributed by atoms with Gasteiger partial charge in [0, 0.05) is 11.4 Å². The third-order valence-corrected chi connectivity index (χ3v) is 8.87. The van der Waals surface area contributed by atoms with E-state index in [1.807, 2.05) is 31.2 Å². The number of likely N-dealkylation sites (tertiary alicyclic amines) is 1. The van der Waals surface area contributed by atoms with Gasteiger partial charge in [0.2, 0.25) is 0 Å². The summed E-state index contributed by atoms with van der Waals surface area (Å²) in [6.45, 7) is 6.92. The number of para-hydroxylation sites is 2. The fraction of sp³-hybridized carbons (Fsp3) is 0.379. The van der Waals surface area contributed by atoms with Gasteiger partial charge in [-0.15, -0.1) is 21.5 Å². The van der Waals surface area contributed by atoms with E-state index < -0.39 is 5.60 Å². The maximum absolute atomic E-state index is 12.0. The summed E-state index contributed by atoms with van der Waals surface area (Å²) in [4.78, 5) is 6.06. The van der Waals surface area contributed by atoms with Crippen LogP contribution in [0.25, 0.3) is 5.69 Å². The predicted molar refractivity (Wildman–Crippen MR) is 145 cm³/mol. The highest BCUT2D eigenvalue weighted by atomic mass is 32.1. The van der Waals surface area contributed by atoms with Crippen LogP contribution in [0.3, 0.4) is 0 Å². The predicted octanol–water partition coefficient (Wildman–Crippen LogP) is 5.00. The van der Waals surface area contributed by atoms with Crippen molar-refractivity contribution in [2.24, 2.45) is 5.92 Å². The van der Waals surface area contributed by atoms with Crippen molar-refractivity contribution >= 4 is 17.0 Å². The van der Waals surface area contributed by atoms with E-state index >= 15 is 0 Å². The third-order valence-electron chi connectivity index (χ3n) is 7.88. The molecule has 0 amide bonds. The zero-order valence-corrected chi connectivity index (χ0v) is 21.6. The number of aryl methyl sites for hydroxylation is 1. The average molecular weight is 500 g/mol. The van der Waals surface area contributed by atoms with E-state index in [0.717, 1.165) is 74.1 Å². The average Bonchev–Trinajstić information content (AvgIpc) is 3.60. The molecule has 1 atom stereocenters. The van der Waals surface area contributed by atoms with Gasteiger partial charge in [-0.1, -0.05) is 48.5 Å². The highest BCUT2D eigenvalue weighted by molar-refractivity contribution is 7.10. The van der Waals surface area contributed by atoms with E-state index in [9.17, 15) is 5.11 Å². The van der Waals surface area contributed by atoms with Crippen molar-refractivity contribution in [1.29, 1.82) is 0 Å². The SMILES string of the molecule is Cc1nnc2n1-c1ccccc1N(CCCN1CCC(C(O)(c3ccccc3)c3cccs3)CC1)C2. The molecule has 0 radical (unpaired) electrons. The molecule has 0 bridgehead atoms. The van der Waals surface area contributed by atoms with E-state index in [1.165, 1.54) is 11.4 Å². The molecule has 0 aliphatic carbocycles. The van der Waals surface area contributed by atoms with Gasteiger partial charge in [-0.25, -0.2) is 0 Å². The number of aromatic nitrogens is 3. The highest BCUT2D eigenvalue weighted by Crippen LogP contribution is 2.43. The molecule has 2 aliphatic heterocycles. The van der Waals surface area contributed by atoms with Gasteiger partial charge in [0.1, 0.15) is 11.4 Å². The fourth-order valence-electron chi connectivity index (χ4n) is 6.02. The summed E-state index contributed by atoms with van der Waals surface area (Å²) < 4.78 is 2.18. The molecule has 2 aliphatic rings. The molecule has 0 saturated carbocycles. The summed E-state index contributed by atoms with van der Waals surface area (Å²) in [5.41, 5.74) is 2.54. The van der Waals surface area contributed by atoms with Gasteiger partial charge >= 0.3 is 0 Å². The first-order valence-corrected chi connectivity index (χ1v) is 13.8. The quantitative estimate of drug-likeness (QED) is 0.388. The lowest BCUT2D eigenvalue weighted by atomic mass is 9.75. The molecule has 0 spiro atoms. The number of piperidine rings is 1.